The van der Waals surface area contributed by atoms with Crippen molar-refractivity contribution in [1.29, 1.82) is 0 Å². The summed E-state index contributed by atoms with van der Waals surface area (Å²) in [5.41, 5.74) is 0.622. The van der Waals surface area contributed by atoms with Gasteiger partial charge in [0.05, 0.1) is 18.8 Å². The average molecular weight is 411 g/mol. The summed E-state index contributed by atoms with van der Waals surface area (Å²) in [4.78, 5) is 24.8. The van der Waals surface area contributed by atoms with Gasteiger partial charge in [-0.25, -0.2) is 17.5 Å². The second kappa shape index (κ2) is 7.95. The van der Waals surface area contributed by atoms with E-state index in [9.17, 15) is 18.0 Å². The highest BCUT2D eigenvalue weighted by Gasteiger charge is 2.31. The highest BCUT2D eigenvalue weighted by molar-refractivity contribution is 7.89. The zero-order chi connectivity index (χ0) is 19.6. The first-order chi connectivity index (χ1) is 12.8. The van der Waals surface area contributed by atoms with Gasteiger partial charge in [-0.3, -0.25) is 4.79 Å². The van der Waals surface area contributed by atoms with E-state index >= 15 is 0 Å². The van der Waals surface area contributed by atoms with Crippen LogP contribution in [0.1, 0.15) is 29.4 Å². The molecule has 0 radical (unpaired) electrons. The number of rotatable bonds is 5. The van der Waals surface area contributed by atoms with Gasteiger partial charge in [0.1, 0.15) is 4.88 Å². The van der Waals surface area contributed by atoms with E-state index in [1.165, 1.54) is 22.8 Å². The molecule has 0 bridgehead atoms. The van der Waals surface area contributed by atoms with Crippen molar-refractivity contribution in [2.24, 2.45) is 5.92 Å². The summed E-state index contributed by atoms with van der Waals surface area (Å²) in [5, 5.41) is 3.72. The largest absolute Gasteiger partial charge is 0.465 e. The Morgan fingerprint density at radius 2 is 2.11 bits per heavy atom. The molecule has 2 heterocycles. The quantitative estimate of drug-likeness (QED) is 0.765. The molecule has 1 unspecified atom stereocenters. The van der Waals surface area contributed by atoms with Crippen LogP contribution in [0.2, 0.25) is 0 Å². The predicted molar refractivity (Wildman–Crippen MR) is 106 cm³/mol. The van der Waals surface area contributed by atoms with Crippen LogP contribution in [0.25, 0.3) is 10.1 Å². The fourth-order valence-electron chi connectivity index (χ4n) is 3.16. The lowest BCUT2D eigenvalue weighted by Gasteiger charge is -2.30. The lowest BCUT2D eigenvalue weighted by molar-refractivity contribution is -0.120. The Bertz CT molecular complexity index is 967. The molecule has 0 aliphatic carbocycles. The van der Waals surface area contributed by atoms with E-state index in [-0.39, 0.29) is 30.1 Å². The molecular formula is C18H22N2O5S2. The number of carbonyl (C=O) groups excluding carboxylic acids is 2. The van der Waals surface area contributed by atoms with Crippen LogP contribution in [0.5, 0.6) is 0 Å². The highest BCUT2D eigenvalue weighted by atomic mass is 32.2. The summed E-state index contributed by atoms with van der Waals surface area (Å²) < 4.78 is 31.2. The summed E-state index contributed by atoms with van der Waals surface area (Å²) in [6.07, 6.45) is 1.33. The number of sulfonamides is 1. The van der Waals surface area contributed by atoms with Crippen molar-refractivity contribution in [3.63, 3.8) is 0 Å². The first-order valence-corrected chi connectivity index (χ1v) is 11.2. The second-order valence-electron chi connectivity index (χ2n) is 6.44. The van der Waals surface area contributed by atoms with E-state index < -0.39 is 10.0 Å². The van der Waals surface area contributed by atoms with E-state index in [1.54, 1.807) is 25.1 Å². The minimum Gasteiger partial charge on any atom is -0.465 e. The topological polar surface area (TPSA) is 92.8 Å². The first-order valence-electron chi connectivity index (χ1n) is 8.74. The van der Waals surface area contributed by atoms with Crippen molar-refractivity contribution in [2.45, 2.75) is 19.8 Å². The van der Waals surface area contributed by atoms with Crippen molar-refractivity contribution >= 4 is 49.0 Å². The van der Waals surface area contributed by atoms with Crippen molar-refractivity contribution in [1.82, 2.24) is 4.31 Å². The Hall–Kier alpha value is -1.97. The molecular weight excluding hydrogens is 388 g/mol. The van der Waals surface area contributed by atoms with E-state index in [1.807, 2.05) is 6.07 Å². The number of nitrogens with one attached hydrogen (secondary N) is 1. The molecule has 0 saturated carbocycles. The van der Waals surface area contributed by atoms with E-state index in [0.29, 0.717) is 30.0 Å². The number of hydrogen-bond acceptors (Lipinski definition) is 6. The van der Waals surface area contributed by atoms with Gasteiger partial charge in [-0.15, -0.1) is 11.3 Å². The average Bonchev–Trinajstić information content (AvgIpc) is 3.10. The van der Waals surface area contributed by atoms with Gasteiger partial charge >= 0.3 is 5.97 Å². The van der Waals surface area contributed by atoms with Gasteiger partial charge in [-0.2, -0.15) is 0 Å². The number of hydrogen-bond donors (Lipinski definition) is 1. The minimum absolute atomic E-state index is 0.0404. The Morgan fingerprint density at radius 3 is 2.81 bits per heavy atom. The zero-order valence-corrected chi connectivity index (χ0v) is 16.9. The van der Waals surface area contributed by atoms with Crippen LogP contribution >= 0.6 is 11.3 Å². The van der Waals surface area contributed by atoms with Crippen LogP contribution in [0, 0.1) is 5.92 Å². The Labute approximate surface area is 162 Å². The molecule has 0 spiro atoms. The summed E-state index contributed by atoms with van der Waals surface area (Å²) in [6, 6.07) is 7.16. The van der Waals surface area contributed by atoms with Crippen LogP contribution < -0.4 is 5.32 Å². The zero-order valence-electron chi connectivity index (χ0n) is 15.2. The van der Waals surface area contributed by atoms with Gasteiger partial charge in [0.25, 0.3) is 0 Å². The highest BCUT2D eigenvalue weighted by Crippen LogP contribution is 2.29. The maximum Gasteiger partial charge on any atom is 0.348 e. The van der Waals surface area contributed by atoms with Crippen LogP contribution in [0.15, 0.2) is 24.3 Å². The minimum atomic E-state index is -3.29. The lowest BCUT2D eigenvalue weighted by Crippen LogP contribution is -2.44. The summed E-state index contributed by atoms with van der Waals surface area (Å²) in [5.74, 6) is -0.905. The first kappa shape index (κ1) is 19.8. The summed E-state index contributed by atoms with van der Waals surface area (Å²) >= 11 is 1.33. The van der Waals surface area contributed by atoms with Gasteiger partial charge in [0, 0.05) is 23.5 Å². The molecule has 9 heteroatoms. The SMILES string of the molecule is CCS(=O)(=O)N1CCCC(C(=O)Nc2ccc3sc(C(=O)OC)cc3c2)C1. The molecule has 27 heavy (non-hydrogen) atoms. The van der Waals surface area contributed by atoms with E-state index in [4.69, 9.17) is 4.74 Å². The fraction of sp³-hybridized carbons (Fsp3) is 0.444. The molecule has 1 aromatic carbocycles. The number of piperidine rings is 1. The molecule has 2 aromatic rings. The molecule has 1 aliphatic rings. The van der Waals surface area contributed by atoms with Gasteiger partial charge in [-0.1, -0.05) is 0 Å². The standard InChI is InChI=1S/C18H22N2O5S2/c1-3-27(23,24)20-8-4-5-12(11-20)17(21)19-14-6-7-15-13(9-14)10-16(26-15)18(22)25-2/h6-7,9-10,12H,3-5,8,11H2,1-2H3,(H,19,21). The number of carbonyl (C=O) groups is 2. The fourth-order valence-corrected chi connectivity index (χ4v) is 5.30. The Morgan fingerprint density at radius 1 is 1.33 bits per heavy atom. The molecule has 1 aromatic heterocycles. The molecule has 1 amide bonds. The number of ether oxygens (including phenoxy) is 1. The molecule has 1 N–H and O–H groups in total. The lowest BCUT2D eigenvalue weighted by atomic mass is 9.98. The van der Waals surface area contributed by atoms with Gasteiger partial charge < -0.3 is 10.1 Å². The van der Waals surface area contributed by atoms with Crippen molar-refractivity contribution in [2.75, 3.05) is 31.3 Å². The maximum atomic E-state index is 12.6. The summed E-state index contributed by atoms with van der Waals surface area (Å²) in [7, 11) is -1.95. The summed E-state index contributed by atoms with van der Waals surface area (Å²) in [6.45, 7) is 2.30. The van der Waals surface area contributed by atoms with Crippen LogP contribution in [0.3, 0.4) is 0 Å². The molecule has 1 fully saturated rings. The second-order valence-corrected chi connectivity index (χ2v) is 9.78. The Balaban J connectivity index is 1.72. The molecule has 1 atom stereocenters. The van der Waals surface area contributed by atoms with Crippen LogP contribution in [0.4, 0.5) is 5.69 Å². The number of benzene rings is 1. The third kappa shape index (κ3) is 4.31. The molecule has 3 rings (SSSR count). The third-order valence-corrected chi connectivity index (χ3v) is 7.63. The van der Waals surface area contributed by atoms with E-state index in [2.05, 4.69) is 5.32 Å². The number of anilines is 1. The van der Waals surface area contributed by atoms with Gasteiger partial charge in [0.15, 0.2) is 0 Å². The number of amides is 1. The third-order valence-electron chi connectivity index (χ3n) is 4.68. The number of thiophene rings is 1. The van der Waals surface area contributed by atoms with Crippen LogP contribution in [-0.4, -0.2) is 50.6 Å². The number of nitrogens with zero attached hydrogens (tertiary/aromatic N) is 1. The smallest absolute Gasteiger partial charge is 0.348 e. The van der Waals surface area contributed by atoms with Gasteiger partial charge in [0.2, 0.25) is 15.9 Å². The molecule has 1 aliphatic heterocycles. The van der Waals surface area contributed by atoms with E-state index in [0.717, 1.165) is 10.1 Å². The molecule has 7 nitrogen and oxygen atoms in total. The number of methoxy groups -OCH3 is 1. The number of fused-ring (bicyclic) bond motifs is 1. The van der Waals surface area contributed by atoms with Crippen molar-refractivity contribution in [3.05, 3.63) is 29.1 Å². The molecule has 146 valence electrons. The predicted octanol–water partition coefficient (Wildman–Crippen LogP) is 2.69. The van der Waals surface area contributed by atoms with Crippen LogP contribution in [-0.2, 0) is 19.6 Å². The molecule has 1 saturated heterocycles. The Kier molecular flexibility index (Phi) is 5.83. The van der Waals surface area contributed by atoms with Gasteiger partial charge in [-0.05, 0) is 49.4 Å². The number of esters is 1. The normalized spacial score (nSPS) is 18.4. The monoisotopic (exact) mass is 410 g/mol. The van der Waals surface area contributed by atoms with Crippen molar-refractivity contribution < 1.29 is 22.7 Å². The van der Waals surface area contributed by atoms with Crippen molar-refractivity contribution in [3.8, 4) is 0 Å². The maximum absolute atomic E-state index is 12.6.